The number of carboxylic acid groups (broad SMARTS) is 1. The molecule has 1 aliphatic rings. The van der Waals surface area contributed by atoms with Crippen molar-refractivity contribution < 1.29 is 19.8 Å². The fraction of sp³-hybridized carbons (Fsp3) is 0.857. The molecule has 0 radical (unpaired) electrons. The van der Waals surface area contributed by atoms with E-state index in [-0.39, 0.29) is 18.0 Å². The van der Waals surface area contributed by atoms with E-state index in [0.29, 0.717) is 6.54 Å². The normalized spacial score (nSPS) is 21.3. The average molecular weight is 301 g/mol. The maximum atomic E-state index is 11.7. The van der Waals surface area contributed by atoms with Crippen LogP contribution in [0.1, 0.15) is 33.1 Å². The van der Waals surface area contributed by atoms with Gasteiger partial charge in [-0.25, -0.2) is 4.79 Å². The first-order chi connectivity index (χ1) is 9.62. The summed E-state index contributed by atoms with van der Waals surface area (Å²) in [6, 6.07) is -0.374. The van der Waals surface area contributed by atoms with Gasteiger partial charge >= 0.3 is 12.0 Å². The van der Waals surface area contributed by atoms with Gasteiger partial charge in [0.15, 0.2) is 0 Å². The molecule has 0 aromatic heterocycles. The van der Waals surface area contributed by atoms with E-state index in [1.54, 1.807) is 0 Å². The molecule has 1 heterocycles. The summed E-state index contributed by atoms with van der Waals surface area (Å²) in [4.78, 5) is 24.6. The number of hydrogen-bond donors (Lipinski definition) is 4. The molecular weight excluding hydrogens is 274 g/mol. The van der Waals surface area contributed by atoms with Crippen LogP contribution < -0.4 is 10.6 Å². The summed E-state index contributed by atoms with van der Waals surface area (Å²) in [5.74, 6) is -1.10. The van der Waals surface area contributed by atoms with Crippen molar-refractivity contribution >= 4 is 12.0 Å². The van der Waals surface area contributed by atoms with Gasteiger partial charge < -0.3 is 25.7 Å². The van der Waals surface area contributed by atoms with Gasteiger partial charge in [0.2, 0.25) is 0 Å². The van der Waals surface area contributed by atoms with Crippen molar-refractivity contribution in [2.75, 3.05) is 33.2 Å². The van der Waals surface area contributed by atoms with Gasteiger partial charge in [0.25, 0.3) is 0 Å². The molecule has 0 aromatic carbocycles. The molecule has 0 saturated carbocycles. The van der Waals surface area contributed by atoms with Crippen molar-refractivity contribution in [3.63, 3.8) is 0 Å². The van der Waals surface area contributed by atoms with Gasteiger partial charge in [-0.15, -0.1) is 0 Å². The van der Waals surface area contributed by atoms with Crippen LogP contribution in [0, 0.1) is 5.41 Å². The molecule has 1 unspecified atom stereocenters. The van der Waals surface area contributed by atoms with Crippen molar-refractivity contribution in [1.29, 1.82) is 0 Å². The minimum absolute atomic E-state index is 0.0907. The number of carbonyl (C=O) groups excluding carboxylic acids is 1. The van der Waals surface area contributed by atoms with E-state index in [0.717, 1.165) is 25.9 Å². The fourth-order valence-corrected chi connectivity index (χ4v) is 2.35. The Morgan fingerprint density at radius 2 is 1.86 bits per heavy atom. The Morgan fingerprint density at radius 1 is 1.29 bits per heavy atom. The Balaban J connectivity index is 2.29. The molecule has 1 rings (SSSR count). The number of aliphatic hydroxyl groups is 1. The highest BCUT2D eigenvalue weighted by atomic mass is 16.4. The number of hydrogen-bond acceptors (Lipinski definition) is 4. The van der Waals surface area contributed by atoms with E-state index in [4.69, 9.17) is 5.11 Å². The second-order valence-electron chi connectivity index (χ2n) is 6.72. The van der Waals surface area contributed by atoms with E-state index in [1.165, 1.54) is 6.92 Å². The number of likely N-dealkylation sites (tertiary alicyclic amines) is 1. The zero-order valence-electron chi connectivity index (χ0n) is 13.1. The number of carbonyl (C=O) groups is 2. The molecule has 1 aliphatic heterocycles. The number of aliphatic carboxylic acids is 1. The molecule has 7 nitrogen and oxygen atoms in total. The second-order valence-corrected chi connectivity index (χ2v) is 6.72. The predicted octanol–water partition coefficient (Wildman–Crippen LogP) is 0.243. The topological polar surface area (TPSA) is 102 Å². The summed E-state index contributed by atoms with van der Waals surface area (Å²) >= 11 is 0. The first kappa shape index (κ1) is 17.7. The van der Waals surface area contributed by atoms with Gasteiger partial charge in [-0.1, -0.05) is 6.92 Å². The fourth-order valence-electron chi connectivity index (χ4n) is 2.35. The van der Waals surface area contributed by atoms with Crippen LogP contribution in [0.15, 0.2) is 0 Å². The smallest absolute Gasteiger partial charge is 0.314 e. The second kappa shape index (κ2) is 7.09. The van der Waals surface area contributed by atoms with Gasteiger partial charge in [-0.05, 0) is 45.3 Å². The minimum atomic E-state index is -1.44. The highest BCUT2D eigenvalue weighted by molar-refractivity contribution is 5.74. The highest BCUT2D eigenvalue weighted by Crippen LogP contribution is 2.29. The summed E-state index contributed by atoms with van der Waals surface area (Å²) in [6.07, 6.45) is 1.65. The lowest BCUT2D eigenvalue weighted by Crippen LogP contribution is -2.49. The van der Waals surface area contributed by atoms with Crippen LogP contribution in [0.2, 0.25) is 0 Å². The molecule has 1 fully saturated rings. The Kier molecular flexibility index (Phi) is 5.98. The third kappa shape index (κ3) is 6.77. The lowest BCUT2D eigenvalue weighted by atomic mass is 9.80. The summed E-state index contributed by atoms with van der Waals surface area (Å²) < 4.78 is 0. The molecule has 0 bridgehead atoms. The summed E-state index contributed by atoms with van der Waals surface area (Å²) in [7, 11) is 2.09. The van der Waals surface area contributed by atoms with Gasteiger partial charge in [0, 0.05) is 13.1 Å². The first-order valence-corrected chi connectivity index (χ1v) is 7.26. The van der Waals surface area contributed by atoms with E-state index in [1.807, 2.05) is 0 Å². The van der Waals surface area contributed by atoms with E-state index in [2.05, 4.69) is 29.5 Å². The predicted molar refractivity (Wildman–Crippen MR) is 79.1 cm³/mol. The van der Waals surface area contributed by atoms with Crippen LogP contribution >= 0.6 is 0 Å². The number of nitrogens with one attached hydrogen (secondary N) is 2. The van der Waals surface area contributed by atoms with Gasteiger partial charge in [0.05, 0.1) is 12.0 Å². The molecule has 21 heavy (non-hydrogen) atoms. The summed E-state index contributed by atoms with van der Waals surface area (Å²) in [5.41, 5.74) is -1.35. The monoisotopic (exact) mass is 301 g/mol. The van der Waals surface area contributed by atoms with Crippen LogP contribution in [-0.4, -0.2) is 65.9 Å². The van der Waals surface area contributed by atoms with E-state index >= 15 is 0 Å². The van der Waals surface area contributed by atoms with Crippen LogP contribution in [0.25, 0.3) is 0 Å². The Labute approximate surface area is 125 Å². The largest absolute Gasteiger partial charge is 0.481 e. The lowest BCUT2D eigenvalue weighted by Gasteiger charge is -2.38. The standard InChI is InChI=1S/C14H27N3O4/c1-13(4-6-17(3)7-5-13)9-15-12(20)16-10-14(2,21)8-11(18)19/h21H,4-10H2,1-3H3,(H,18,19)(H2,15,16,20). The number of amides is 2. The summed E-state index contributed by atoms with van der Waals surface area (Å²) in [5, 5.41) is 23.8. The quantitative estimate of drug-likeness (QED) is 0.563. The maximum absolute atomic E-state index is 11.7. The van der Waals surface area contributed by atoms with Crippen molar-refractivity contribution in [3.05, 3.63) is 0 Å². The van der Waals surface area contributed by atoms with Crippen LogP contribution in [0.5, 0.6) is 0 Å². The number of carboxylic acids is 1. The molecule has 2 amide bonds. The molecule has 0 aliphatic carbocycles. The summed E-state index contributed by atoms with van der Waals surface area (Å²) in [6.45, 7) is 6.07. The molecule has 0 aromatic rings. The molecule has 1 saturated heterocycles. The number of piperidine rings is 1. The zero-order chi connectivity index (χ0) is 16.1. The molecule has 4 N–H and O–H groups in total. The van der Waals surface area contributed by atoms with E-state index < -0.39 is 18.0 Å². The number of urea groups is 1. The number of nitrogens with zero attached hydrogens (tertiary/aromatic N) is 1. The average Bonchev–Trinajstić information content (AvgIpc) is 2.37. The van der Waals surface area contributed by atoms with Crippen molar-refractivity contribution in [3.8, 4) is 0 Å². The molecular formula is C14H27N3O4. The maximum Gasteiger partial charge on any atom is 0.314 e. The van der Waals surface area contributed by atoms with Gasteiger partial charge in [-0.2, -0.15) is 0 Å². The van der Waals surface area contributed by atoms with Crippen LogP contribution in [-0.2, 0) is 4.79 Å². The van der Waals surface area contributed by atoms with Gasteiger partial charge in [-0.3, -0.25) is 4.79 Å². The van der Waals surface area contributed by atoms with Crippen molar-refractivity contribution in [2.24, 2.45) is 5.41 Å². The van der Waals surface area contributed by atoms with E-state index in [9.17, 15) is 14.7 Å². The highest BCUT2D eigenvalue weighted by Gasteiger charge is 2.29. The van der Waals surface area contributed by atoms with Crippen molar-refractivity contribution in [1.82, 2.24) is 15.5 Å². The number of rotatable bonds is 6. The first-order valence-electron chi connectivity index (χ1n) is 7.26. The molecule has 0 spiro atoms. The molecule has 7 heteroatoms. The molecule has 122 valence electrons. The van der Waals surface area contributed by atoms with Crippen LogP contribution in [0.4, 0.5) is 4.79 Å². The Bertz CT molecular complexity index is 376. The van der Waals surface area contributed by atoms with Crippen LogP contribution in [0.3, 0.4) is 0 Å². The van der Waals surface area contributed by atoms with Gasteiger partial charge in [0.1, 0.15) is 0 Å². The third-order valence-electron chi connectivity index (χ3n) is 4.03. The molecule has 1 atom stereocenters. The third-order valence-corrected chi connectivity index (χ3v) is 4.03. The Hall–Kier alpha value is -1.34. The Morgan fingerprint density at radius 3 is 2.38 bits per heavy atom. The SMILES string of the molecule is CN1CCC(C)(CNC(=O)NCC(C)(O)CC(=O)O)CC1. The van der Waals surface area contributed by atoms with Crippen molar-refractivity contribution in [2.45, 2.75) is 38.7 Å². The zero-order valence-corrected chi connectivity index (χ0v) is 13.1. The minimum Gasteiger partial charge on any atom is -0.481 e. The lowest BCUT2D eigenvalue weighted by molar-refractivity contribution is -0.141.